The highest BCUT2D eigenvalue weighted by Gasteiger charge is 2.05. The molecule has 0 amide bonds. The van der Waals surface area contributed by atoms with Crippen molar-refractivity contribution in [1.82, 2.24) is 0 Å². The highest BCUT2D eigenvalue weighted by atomic mass is 16.5. The van der Waals surface area contributed by atoms with Gasteiger partial charge in [0.05, 0.1) is 18.2 Å². The van der Waals surface area contributed by atoms with Crippen molar-refractivity contribution in [3.8, 4) is 11.8 Å². The molecule has 0 aromatic heterocycles. The Morgan fingerprint density at radius 2 is 1.81 bits per heavy atom. The fraction of sp³-hybridized carbons (Fsp3) is 0.500. The highest BCUT2D eigenvalue weighted by Crippen LogP contribution is 2.24. The monoisotopic (exact) mass is 217 g/mol. The Morgan fingerprint density at radius 3 is 2.31 bits per heavy atom. The van der Waals surface area contributed by atoms with Gasteiger partial charge in [0.2, 0.25) is 0 Å². The number of nitriles is 1. The molecule has 0 saturated carbocycles. The third kappa shape index (κ3) is 3.27. The van der Waals surface area contributed by atoms with E-state index in [4.69, 9.17) is 10.00 Å². The van der Waals surface area contributed by atoms with Crippen LogP contribution >= 0.6 is 0 Å². The number of hydrogen-bond acceptors (Lipinski definition) is 2. The van der Waals surface area contributed by atoms with Crippen LogP contribution in [0.1, 0.15) is 42.9 Å². The van der Waals surface area contributed by atoms with E-state index in [0.717, 1.165) is 29.9 Å². The number of benzene rings is 1. The second-order valence-corrected chi connectivity index (χ2v) is 4.11. The second-order valence-electron chi connectivity index (χ2n) is 4.11. The predicted octanol–water partition coefficient (Wildman–Crippen LogP) is 3.74. The minimum absolute atomic E-state index is 0.705. The molecule has 0 unspecified atom stereocenters. The first-order valence-corrected chi connectivity index (χ1v) is 5.83. The largest absolute Gasteiger partial charge is 0.493 e. The Balaban J connectivity index is 2.70. The topological polar surface area (TPSA) is 33.0 Å². The summed E-state index contributed by atoms with van der Waals surface area (Å²) < 4.78 is 5.76. The Bertz CT molecular complexity index is 367. The van der Waals surface area contributed by atoms with E-state index < -0.39 is 0 Å². The van der Waals surface area contributed by atoms with Crippen LogP contribution in [0.15, 0.2) is 12.1 Å². The molecule has 2 heteroatoms. The van der Waals surface area contributed by atoms with Crippen LogP contribution in [-0.4, -0.2) is 6.61 Å². The normalized spacial score (nSPS) is 9.88. The van der Waals surface area contributed by atoms with Crippen molar-refractivity contribution in [3.05, 3.63) is 28.8 Å². The van der Waals surface area contributed by atoms with Gasteiger partial charge in [-0.25, -0.2) is 0 Å². The molecule has 0 radical (unpaired) electrons. The van der Waals surface area contributed by atoms with Crippen molar-refractivity contribution in [2.24, 2.45) is 0 Å². The molecule has 0 atom stereocenters. The van der Waals surface area contributed by atoms with Crippen LogP contribution in [0.4, 0.5) is 0 Å². The molecule has 0 aliphatic carbocycles. The molecule has 0 N–H and O–H groups in total. The van der Waals surface area contributed by atoms with E-state index in [-0.39, 0.29) is 0 Å². The standard InChI is InChI=1S/C14H19NO/c1-4-5-6-7-16-14-11(2)8-13(10-15)9-12(14)3/h8-9H,4-7H2,1-3H3. The maximum atomic E-state index is 8.83. The van der Waals surface area contributed by atoms with Gasteiger partial charge in [-0.3, -0.25) is 0 Å². The fourth-order valence-corrected chi connectivity index (χ4v) is 1.77. The fourth-order valence-electron chi connectivity index (χ4n) is 1.77. The zero-order valence-corrected chi connectivity index (χ0v) is 10.3. The van der Waals surface area contributed by atoms with Crippen molar-refractivity contribution in [3.63, 3.8) is 0 Å². The molecule has 1 aromatic rings. The van der Waals surface area contributed by atoms with Crippen LogP contribution in [0.5, 0.6) is 5.75 Å². The van der Waals surface area contributed by atoms with Crippen LogP contribution in [0.2, 0.25) is 0 Å². The van der Waals surface area contributed by atoms with Gasteiger partial charge in [-0.1, -0.05) is 19.8 Å². The zero-order valence-electron chi connectivity index (χ0n) is 10.3. The lowest BCUT2D eigenvalue weighted by atomic mass is 10.1. The van der Waals surface area contributed by atoms with Gasteiger partial charge in [-0.15, -0.1) is 0 Å². The third-order valence-corrected chi connectivity index (χ3v) is 2.58. The molecule has 1 aromatic carbocycles. The van der Waals surface area contributed by atoms with Gasteiger partial charge >= 0.3 is 0 Å². The molecule has 16 heavy (non-hydrogen) atoms. The van der Waals surface area contributed by atoms with Crippen LogP contribution < -0.4 is 4.74 Å². The first kappa shape index (κ1) is 12.6. The summed E-state index contributed by atoms with van der Waals surface area (Å²) in [5.74, 6) is 0.940. The van der Waals surface area contributed by atoms with Crippen LogP contribution in [0.25, 0.3) is 0 Å². The van der Waals surface area contributed by atoms with Gasteiger partial charge in [-0.05, 0) is 43.5 Å². The van der Waals surface area contributed by atoms with Crippen molar-refractivity contribution >= 4 is 0 Å². The minimum Gasteiger partial charge on any atom is -0.493 e. The Labute approximate surface area is 97.9 Å². The SMILES string of the molecule is CCCCCOc1c(C)cc(C#N)cc1C. The lowest BCUT2D eigenvalue weighted by molar-refractivity contribution is 0.302. The summed E-state index contributed by atoms with van der Waals surface area (Å²) in [4.78, 5) is 0. The molecule has 0 bridgehead atoms. The van der Waals surface area contributed by atoms with Crippen LogP contribution in [0, 0.1) is 25.2 Å². The van der Waals surface area contributed by atoms with Crippen molar-refractivity contribution in [2.45, 2.75) is 40.0 Å². The van der Waals surface area contributed by atoms with E-state index in [1.807, 2.05) is 26.0 Å². The number of nitrogens with zero attached hydrogens (tertiary/aromatic N) is 1. The summed E-state index contributed by atoms with van der Waals surface area (Å²) >= 11 is 0. The van der Waals surface area contributed by atoms with E-state index in [1.165, 1.54) is 12.8 Å². The number of rotatable bonds is 5. The van der Waals surface area contributed by atoms with E-state index >= 15 is 0 Å². The molecule has 1 rings (SSSR count). The number of aryl methyl sites for hydroxylation is 2. The number of hydrogen-bond donors (Lipinski definition) is 0. The Hall–Kier alpha value is -1.49. The van der Waals surface area contributed by atoms with E-state index in [0.29, 0.717) is 5.56 Å². The first-order valence-electron chi connectivity index (χ1n) is 5.83. The van der Waals surface area contributed by atoms with Crippen molar-refractivity contribution in [1.29, 1.82) is 5.26 Å². The van der Waals surface area contributed by atoms with E-state index in [2.05, 4.69) is 13.0 Å². The maximum Gasteiger partial charge on any atom is 0.125 e. The van der Waals surface area contributed by atoms with Crippen LogP contribution in [0.3, 0.4) is 0 Å². The minimum atomic E-state index is 0.705. The summed E-state index contributed by atoms with van der Waals surface area (Å²) in [5, 5.41) is 8.83. The molecule has 0 saturated heterocycles. The van der Waals surface area contributed by atoms with Crippen molar-refractivity contribution in [2.75, 3.05) is 6.61 Å². The van der Waals surface area contributed by atoms with Gasteiger partial charge in [-0.2, -0.15) is 5.26 Å². The number of ether oxygens (including phenoxy) is 1. The van der Waals surface area contributed by atoms with Crippen molar-refractivity contribution < 1.29 is 4.74 Å². The van der Waals surface area contributed by atoms with Gasteiger partial charge in [0.15, 0.2) is 0 Å². The molecule has 0 aliphatic heterocycles. The van der Waals surface area contributed by atoms with Gasteiger partial charge < -0.3 is 4.74 Å². The molecule has 0 spiro atoms. The summed E-state index contributed by atoms with van der Waals surface area (Å²) in [5.41, 5.74) is 2.80. The van der Waals surface area contributed by atoms with Crippen LogP contribution in [-0.2, 0) is 0 Å². The molecule has 0 fully saturated rings. The summed E-state index contributed by atoms with van der Waals surface area (Å²) in [7, 11) is 0. The maximum absolute atomic E-state index is 8.83. The Morgan fingerprint density at radius 1 is 1.19 bits per heavy atom. The lowest BCUT2D eigenvalue weighted by Crippen LogP contribution is -2.01. The smallest absolute Gasteiger partial charge is 0.125 e. The average Bonchev–Trinajstić information content (AvgIpc) is 2.26. The van der Waals surface area contributed by atoms with Gasteiger partial charge in [0, 0.05) is 0 Å². The Kier molecular flexibility index (Phi) is 4.85. The highest BCUT2D eigenvalue weighted by molar-refractivity contribution is 5.47. The van der Waals surface area contributed by atoms with E-state index in [1.54, 1.807) is 0 Å². The lowest BCUT2D eigenvalue weighted by Gasteiger charge is -2.12. The zero-order chi connectivity index (χ0) is 12.0. The summed E-state index contributed by atoms with van der Waals surface area (Å²) in [6.45, 7) is 6.92. The predicted molar refractivity (Wildman–Crippen MR) is 65.7 cm³/mol. The first-order chi connectivity index (χ1) is 7.69. The number of unbranched alkanes of at least 4 members (excludes halogenated alkanes) is 2. The third-order valence-electron chi connectivity index (χ3n) is 2.58. The quantitative estimate of drug-likeness (QED) is 0.704. The average molecular weight is 217 g/mol. The van der Waals surface area contributed by atoms with E-state index in [9.17, 15) is 0 Å². The van der Waals surface area contributed by atoms with Gasteiger partial charge in [0.25, 0.3) is 0 Å². The summed E-state index contributed by atoms with van der Waals surface area (Å²) in [6.07, 6.45) is 3.50. The molecule has 0 heterocycles. The summed E-state index contributed by atoms with van der Waals surface area (Å²) in [6, 6.07) is 5.91. The molecule has 86 valence electrons. The second kappa shape index (κ2) is 6.17. The molecule has 2 nitrogen and oxygen atoms in total. The molecular formula is C14H19NO. The molecular weight excluding hydrogens is 198 g/mol. The van der Waals surface area contributed by atoms with Gasteiger partial charge in [0.1, 0.15) is 5.75 Å². The molecule has 0 aliphatic rings.